The van der Waals surface area contributed by atoms with Crippen molar-refractivity contribution in [1.82, 2.24) is 4.98 Å². The van der Waals surface area contributed by atoms with Crippen LogP contribution in [0.1, 0.15) is 11.1 Å². The van der Waals surface area contributed by atoms with Crippen LogP contribution in [0.25, 0.3) is 10.2 Å². The van der Waals surface area contributed by atoms with Gasteiger partial charge in [-0.2, -0.15) is 0 Å². The van der Waals surface area contributed by atoms with E-state index in [2.05, 4.69) is 16.4 Å². The van der Waals surface area contributed by atoms with Crippen LogP contribution in [0, 0.1) is 19.7 Å². The molecule has 2 aromatic carbocycles. The number of aryl methyl sites for hydroxylation is 2. The van der Waals surface area contributed by atoms with Crippen molar-refractivity contribution in [3.63, 3.8) is 0 Å². The first kappa shape index (κ1) is 15.4. The van der Waals surface area contributed by atoms with Crippen molar-refractivity contribution >= 4 is 32.6 Å². The average Bonchev–Trinajstić information content (AvgIpc) is 2.89. The molecule has 0 aliphatic heterocycles. The van der Waals surface area contributed by atoms with Gasteiger partial charge in [-0.05, 0) is 43.2 Å². The number of hydrogen-bond donors (Lipinski definition) is 1. The molecule has 0 atom stereocenters. The number of rotatable bonds is 4. The molecule has 0 radical (unpaired) electrons. The van der Waals surface area contributed by atoms with Gasteiger partial charge in [0.25, 0.3) is 5.91 Å². The molecule has 6 heteroatoms. The molecule has 1 heterocycles. The number of ether oxygens (including phenoxy) is 1. The number of carbonyl (C=O) groups is 1. The van der Waals surface area contributed by atoms with Gasteiger partial charge >= 0.3 is 0 Å². The van der Waals surface area contributed by atoms with Gasteiger partial charge in [0, 0.05) is 0 Å². The van der Waals surface area contributed by atoms with E-state index in [1.165, 1.54) is 23.5 Å². The Morgan fingerprint density at radius 1 is 1.30 bits per heavy atom. The lowest BCUT2D eigenvalue weighted by molar-refractivity contribution is -0.118. The number of aromatic nitrogens is 1. The Bertz CT molecular complexity index is 876. The number of thiazole rings is 1. The summed E-state index contributed by atoms with van der Waals surface area (Å²) in [5.74, 6) is -0.813. The Balaban J connectivity index is 1.68. The summed E-state index contributed by atoms with van der Waals surface area (Å²) in [5.41, 5.74) is 3.11. The second-order valence-electron chi connectivity index (χ2n) is 5.22. The van der Waals surface area contributed by atoms with Crippen LogP contribution in [0.2, 0.25) is 0 Å². The van der Waals surface area contributed by atoms with Crippen molar-refractivity contribution in [2.24, 2.45) is 0 Å². The second-order valence-corrected chi connectivity index (χ2v) is 6.22. The topological polar surface area (TPSA) is 51.2 Å². The zero-order valence-corrected chi connectivity index (χ0v) is 13.5. The van der Waals surface area contributed by atoms with E-state index in [9.17, 15) is 9.18 Å². The molecule has 1 aromatic heterocycles. The van der Waals surface area contributed by atoms with Gasteiger partial charge in [0.15, 0.2) is 23.3 Å². The summed E-state index contributed by atoms with van der Waals surface area (Å²) in [6, 6.07) is 10.0. The molecule has 0 aliphatic rings. The standard InChI is InChI=1S/C17H15FN2O2S/c1-10-7-11(2)16-13(8-10)19-17(23-16)20-15(21)9-22-14-6-4-3-5-12(14)18/h3-8H,9H2,1-2H3,(H,19,20,21). The summed E-state index contributed by atoms with van der Waals surface area (Å²) in [7, 11) is 0. The molecule has 0 saturated carbocycles. The minimum absolute atomic E-state index is 0.0541. The van der Waals surface area contributed by atoms with Crippen molar-refractivity contribution < 1.29 is 13.9 Å². The molecule has 0 aliphatic carbocycles. The summed E-state index contributed by atoms with van der Waals surface area (Å²) < 4.78 is 19.6. The Morgan fingerprint density at radius 2 is 2.09 bits per heavy atom. The number of carbonyl (C=O) groups excluding carboxylic acids is 1. The van der Waals surface area contributed by atoms with Gasteiger partial charge in [0.1, 0.15) is 0 Å². The Kier molecular flexibility index (Phi) is 4.25. The number of anilines is 1. The fourth-order valence-electron chi connectivity index (χ4n) is 2.29. The lowest BCUT2D eigenvalue weighted by Crippen LogP contribution is -2.20. The van der Waals surface area contributed by atoms with Crippen LogP contribution in [-0.4, -0.2) is 17.5 Å². The number of fused-ring (bicyclic) bond motifs is 1. The number of amides is 1. The third-order valence-electron chi connectivity index (χ3n) is 3.26. The maximum absolute atomic E-state index is 13.4. The quantitative estimate of drug-likeness (QED) is 0.784. The van der Waals surface area contributed by atoms with Crippen LogP contribution < -0.4 is 10.1 Å². The van der Waals surface area contributed by atoms with Gasteiger partial charge in [0.2, 0.25) is 0 Å². The highest BCUT2D eigenvalue weighted by molar-refractivity contribution is 7.22. The Hall–Kier alpha value is -2.47. The van der Waals surface area contributed by atoms with Gasteiger partial charge in [0.05, 0.1) is 10.2 Å². The number of nitrogens with zero attached hydrogens (tertiary/aromatic N) is 1. The van der Waals surface area contributed by atoms with Gasteiger partial charge in [-0.25, -0.2) is 9.37 Å². The zero-order valence-electron chi connectivity index (χ0n) is 12.7. The number of benzene rings is 2. The molecule has 0 fully saturated rings. The Labute approximate surface area is 136 Å². The minimum Gasteiger partial charge on any atom is -0.481 e. The van der Waals surface area contributed by atoms with Crippen molar-refractivity contribution in [2.75, 3.05) is 11.9 Å². The van der Waals surface area contributed by atoms with Crippen molar-refractivity contribution in [3.05, 3.63) is 53.3 Å². The fourth-order valence-corrected chi connectivity index (χ4v) is 3.22. The Morgan fingerprint density at radius 3 is 2.87 bits per heavy atom. The van der Waals surface area contributed by atoms with E-state index in [4.69, 9.17) is 4.74 Å². The lowest BCUT2D eigenvalue weighted by Gasteiger charge is -2.06. The predicted octanol–water partition coefficient (Wildman–Crippen LogP) is 4.07. The van der Waals surface area contributed by atoms with Crippen LogP contribution in [0.5, 0.6) is 5.75 Å². The second kappa shape index (κ2) is 6.34. The molecule has 118 valence electrons. The van der Waals surface area contributed by atoms with Crippen LogP contribution >= 0.6 is 11.3 Å². The first-order valence-corrected chi connectivity index (χ1v) is 7.89. The van der Waals surface area contributed by atoms with E-state index in [0.29, 0.717) is 5.13 Å². The number of nitrogens with one attached hydrogen (secondary N) is 1. The monoisotopic (exact) mass is 330 g/mol. The molecule has 0 bridgehead atoms. The van der Waals surface area contributed by atoms with E-state index in [1.54, 1.807) is 12.1 Å². The lowest BCUT2D eigenvalue weighted by atomic mass is 10.1. The normalized spacial score (nSPS) is 10.7. The highest BCUT2D eigenvalue weighted by atomic mass is 32.1. The van der Waals surface area contributed by atoms with Gasteiger partial charge < -0.3 is 4.74 Å². The molecule has 3 rings (SSSR count). The van der Waals surface area contributed by atoms with Gasteiger partial charge in [-0.15, -0.1) is 0 Å². The molecular weight excluding hydrogens is 315 g/mol. The SMILES string of the molecule is Cc1cc(C)c2sc(NC(=O)COc3ccccc3F)nc2c1. The molecule has 0 spiro atoms. The maximum Gasteiger partial charge on any atom is 0.264 e. The number of hydrogen-bond acceptors (Lipinski definition) is 4. The van der Waals surface area contributed by atoms with Gasteiger partial charge in [-0.1, -0.05) is 29.5 Å². The number of para-hydroxylation sites is 1. The van der Waals surface area contributed by atoms with Gasteiger partial charge in [-0.3, -0.25) is 10.1 Å². The fraction of sp³-hybridized carbons (Fsp3) is 0.176. The smallest absolute Gasteiger partial charge is 0.264 e. The van der Waals surface area contributed by atoms with E-state index >= 15 is 0 Å². The maximum atomic E-state index is 13.4. The summed E-state index contributed by atoms with van der Waals surface area (Å²) >= 11 is 1.41. The molecule has 1 amide bonds. The average molecular weight is 330 g/mol. The molecule has 23 heavy (non-hydrogen) atoms. The summed E-state index contributed by atoms with van der Waals surface area (Å²) in [6.07, 6.45) is 0. The highest BCUT2D eigenvalue weighted by Gasteiger charge is 2.11. The van der Waals surface area contributed by atoms with Crippen LogP contribution in [0.3, 0.4) is 0 Å². The molecule has 3 aromatic rings. The minimum atomic E-state index is -0.494. The zero-order chi connectivity index (χ0) is 16.4. The molecule has 4 nitrogen and oxygen atoms in total. The van der Waals surface area contributed by atoms with E-state index in [1.807, 2.05) is 19.9 Å². The van der Waals surface area contributed by atoms with E-state index < -0.39 is 5.82 Å². The molecular formula is C17H15FN2O2S. The summed E-state index contributed by atoms with van der Waals surface area (Å²) in [5, 5.41) is 3.20. The first-order valence-electron chi connectivity index (χ1n) is 7.08. The molecule has 0 saturated heterocycles. The molecule has 1 N–H and O–H groups in total. The van der Waals surface area contributed by atoms with E-state index in [-0.39, 0.29) is 18.3 Å². The highest BCUT2D eigenvalue weighted by Crippen LogP contribution is 2.29. The van der Waals surface area contributed by atoms with Crippen LogP contribution in [0.15, 0.2) is 36.4 Å². The largest absolute Gasteiger partial charge is 0.481 e. The predicted molar refractivity (Wildman–Crippen MR) is 89.6 cm³/mol. The van der Waals surface area contributed by atoms with Crippen molar-refractivity contribution in [2.45, 2.75) is 13.8 Å². The third kappa shape index (κ3) is 3.48. The summed E-state index contributed by atoms with van der Waals surface area (Å²) in [6.45, 7) is 3.75. The van der Waals surface area contributed by atoms with Crippen LogP contribution in [-0.2, 0) is 4.79 Å². The third-order valence-corrected chi connectivity index (χ3v) is 4.38. The van der Waals surface area contributed by atoms with E-state index in [0.717, 1.165) is 21.3 Å². The molecule has 0 unspecified atom stereocenters. The van der Waals surface area contributed by atoms with Crippen molar-refractivity contribution in [1.29, 1.82) is 0 Å². The van der Waals surface area contributed by atoms with Crippen LogP contribution in [0.4, 0.5) is 9.52 Å². The number of halogens is 1. The summed E-state index contributed by atoms with van der Waals surface area (Å²) in [4.78, 5) is 16.3. The first-order chi connectivity index (χ1) is 11.0. The van der Waals surface area contributed by atoms with Crippen molar-refractivity contribution in [3.8, 4) is 5.75 Å².